The Labute approximate surface area is 167 Å². The van der Waals surface area contributed by atoms with Crippen LogP contribution < -0.4 is 5.32 Å². The standard InChI is InChI=1S/C19H18Cl2N2O4/c1-23(11-13-2-6-15(20)7-3-13)17(24)12-27-18(25)10-22-19(26)14-4-8-16(21)9-5-14/h2-9H,10-12H2,1H3,(H,22,26). The Bertz CT molecular complexity index is 807. The Balaban J connectivity index is 1.72. The normalized spacial score (nSPS) is 10.2. The average Bonchev–Trinajstić information content (AvgIpc) is 2.66. The number of esters is 1. The van der Waals surface area contributed by atoms with Crippen LogP contribution in [0.2, 0.25) is 10.0 Å². The van der Waals surface area contributed by atoms with Crippen LogP contribution in [-0.4, -0.2) is 42.9 Å². The molecule has 2 aromatic carbocycles. The molecule has 0 radical (unpaired) electrons. The third kappa shape index (κ3) is 6.92. The molecular weight excluding hydrogens is 391 g/mol. The van der Waals surface area contributed by atoms with Crippen LogP contribution in [-0.2, 0) is 20.9 Å². The lowest BCUT2D eigenvalue weighted by Crippen LogP contribution is -2.34. The van der Waals surface area contributed by atoms with Gasteiger partial charge in [-0.15, -0.1) is 0 Å². The number of ether oxygens (including phenoxy) is 1. The van der Waals surface area contributed by atoms with E-state index in [1.54, 1.807) is 31.3 Å². The molecule has 0 unspecified atom stereocenters. The molecule has 0 aliphatic carbocycles. The topological polar surface area (TPSA) is 75.7 Å². The van der Waals surface area contributed by atoms with Crippen LogP contribution >= 0.6 is 23.2 Å². The van der Waals surface area contributed by atoms with E-state index in [-0.39, 0.29) is 12.5 Å². The van der Waals surface area contributed by atoms with Crippen molar-refractivity contribution in [3.05, 3.63) is 69.7 Å². The lowest BCUT2D eigenvalue weighted by Gasteiger charge is -2.17. The summed E-state index contributed by atoms with van der Waals surface area (Å²) in [6.07, 6.45) is 0. The zero-order valence-corrected chi connectivity index (χ0v) is 16.1. The van der Waals surface area contributed by atoms with E-state index in [0.717, 1.165) is 5.56 Å². The largest absolute Gasteiger partial charge is 0.454 e. The molecule has 0 atom stereocenters. The van der Waals surface area contributed by atoms with E-state index in [0.29, 0.717) is 22.2 Å². The predicted octanol–water partition coefficient (Wildman–Crippen LogP) is 2.93. The van der Waals surface area contributed by atoms with Gasteiger partial charge in [0.15, 0.2) is 6.61 Å². The minimum atomic E-state index is -0.703. The first kappa shape index (κ1) is 20.7. The summed E-state index contributed by atoms with van der Waals surface area (Å²) in [4.78, 5) is 37.1. The molecule has 0 saturated carbocycles. The summed E-state index contributed by atoms with van der Waals surface area (Å²) < 4.78 is 4.90. The number of halogens is 2. The van der Waals surface area contributed by atoms with E-state index < -0.39 is 18.5 Å². The summed E-state index contributed by atoms with van der Waals surface area (Å²) in [5.74, 6) is -1.50. The summed E-state index contributed by atoms with van der Waals surface area (Å²) >= 11 is 11.6. The predicted molar refractivity (Wildman–Crippen MR) is 103 cm³/mol. The number of hydrogen-bond acceptors (Lipinski definition) is 4. The molecule has 142 valence electrons. The van der Waals surface area contributed by atoms with Gasteiger partial charge in [0.25, 0.3) is 11.8 Å². The highest BCUT2D eigenvalue weighted by molar-refractivity contribution is 6.30. The number of benzene rings is 2. The molecule has 0 fully saturated rings. The van der Waals surface area contributed by atoms with Crippen molar-refractivity contribution in [3.8, 4) is 0 Å². The lowest BCUT2D eigenvalue weighted by atomic mass is 10.2. The van der Waals surface area contributed by atoms with Gasteiger partial charge < -0.3 is 15.0 Å². The number of likely N-dealkylation sites (N-methyl/N-ethyl adjacent to an activating group) is 1. The zero-order chi connectivity index (χ0) is 19.8. The van der Waals surface area contributed by atoms with Crippen LogP contribution in [0, 0.1) is 0 Å². The van der Waals surface area contributed by atoms with Gasteiger partial charge in [0.05, 0.1) is 0 Å². The van der Waals surface area contributed by atoms with Gasteiger partial charge in [-0.3, -0.25) is 14.4 Å². The molecule has 0 aliphatic heterocycles. The fourth-order valence-corrected chi connectivity index (χ4v) is 2.36. The van der Waals surface area contributed by atoms with E-state index in [4.69, 9.17) is 27.9 Å². The van der Waals surface area contributed by atoms with Gasteiger partial charge in [-0.2, -0.15) is 0 Å². The van der Waals surface area contributed by atoms with Gasteiger partial charge in [0.2, 0.25) is 0 Å². The molecule has 8 heteroatoms. The first-order chi connectivity index (χ1) is 12.8. The highest BCUT2D eigenvalue weighted by Gasteiger charge is 2.14. The Hall–Kier alpha value is -2.57. The maximum atomic E-state index is 12.0. The summed E-state index contributed by atoms with van der Waals surface area (Å²) in [5.41, 5.74) is 1.27. The Kier molecular flexibility index (Phi) is 7.64. The van der Waals surface area contributed by atoms with Crippen molar-refractivity contribution < 1.29 is 19.1 Å². The molecule has 0 saturated heterocycles. The van der Waals surface area contributed by atoms with E-state index in [2.05, 4.69) is 5.32 Å². The van der Waals surface area contributed by atoms with Crippen LogP contribution in [0.15, 0.2) is 48.5 Å². The van der Waals surface area contributed by atoms with Crippen molar-refractivity contribution in [1.82, 2.24) is 10.2 Å². The van der Waals surface area contributed by atoms with Crippen molar-refractivity contribution in [1.29, 1.82) is 0 Å². The summed E-state index contributed by atoms with van der Waals surface area (Å²) in [6.45, 7) is -0.379. The number of carbonyl (C=O) groups is 3. The van der Waals surface area contributed by atoms with Crippen molar-refractivity contribution >= 4 is 41.0 Å². The molecule has 6 nitrogen and oxygen atoms in total. The maximum absolute atomic E-state index is 12.0. The number of rotatable bonds is 7. The molecular formula is C19H18Cl2N2O4. The van der Waals surface area contributed by atoms with Crippen LogP contribution in [0.5, 0.6) is 0 Å². The van der Waals surface area contributed by atoms with E-state index >= 15 is 0 Å². The van der Waals surface area contributed by atoms with Crippen molar-refractivity contribution in [2.75, 3.05) is 20.2 Å². The molecule has 0 bridgehead atoms. The number of nitrogens with one attached hydrogen (secondary N) is 1. The quantitative estimate of drug-likeness (QED) is 0.714. The number of nitrogens with zero attached hydrogens (tertiary/aromatic N) is 1. The van der Waals surface area contributed by atoms with Gasteiger partial charge in [0, 0.05) is 29.2 Å². The summed E-state index contributed by atoms with van der Waals surface area (Å²) in [7, 11) is 1.60. The highest BCUT2D eigenvalue weighted by atomic mass is 35.5. The van der Waals surface area contributed by atoms with Crippen LogP contribution in [0.3, 0.4) is 0 Å². The SMILES string of the molecule is CN(Cc1ccc(Cl)cc1)C(=O)COC(=O)CNC(=O)c1ccc(Cl)cc1. The average molecular weight is 409 g/mol. The molecule has 2 amide bonds. The summed E-state index contributed by atoms with van der Waals surface area (Å²) in [6, 6.07) is 13.3. The van der Waals surface area contributed by atoms with Crippen molar-refractivity contribution in [3.63, 3.8) is 0 Å². The van der Waals surface area contributed by atoms with E-state index in [1.807, 2.05) is 12.1 Å². The minimum Gasteiger partial charge on any atom is -0.454 e. The first-order valence-corrected chi connectivity index (χ1v) is 8.78. The smallest absolute Gasteiger partial charge is 0.325 e. The second kappa shape index (κ2) is 9.94. The van der Waals surface area contributed by atoms with Gasteiger partial charge >= 0.3 is 5.97 Å². The minimum absolute atomic E-state index is 0.338. The highest BCUT2D eigenvalue weighted by Crippen LogP contribution is 2.11. The van der Waals surface area contributed by atoms with Gasteiger partial charge in [-0.1, -0.05) is 35.3 Å². The number of hydrogen-bond donors (Lipinski definition) is 1. The van der Waals surface area contributed by atoms with Gasteiger partial charge in [-0.25, -0.2) is 0 Å². The Morgan fingerprint density at radius 1 is 0.963 bits per heavy atom. The van der Waals surface area contributed by atoms with Crippen LogP contribution in [0.4, 0.5) is 0 Å². The second-order valence-corrected chi connectivity index (χ2v) is 6.60. The number of carbonyl (C=O) groups excluding carboxylic acids is 3. The van der Waals surface area contributed by atoms with Crippen LogP contribution in [0.25, 0.3) is 0 Å². The Morgan fingerprint density at radius 2 is 1.52 bits per heavy atom. The van der Waals surface area contributed by atoms with Crippen molar-refractivity contribution in [2.24, 2.45) is 0 Å². The number of amides is 2. The molecule has 0 aliphatic rings. The van der Waals surface area contributed by atoms with Crippen LogP contribution in [0.1, 0.15) is 15.9 Å². The van der Waals surface area contributed by atoms with Gasteiger partial charge in [0.1, 0.15) is 6.54 Å². The summed E-state index contributed by atoms with van der Waals surface area (Å²) in [5, 5.41) is 3.54. The molecule has 2 rings (SSSR count). The fraction of sp³-hybridized carbons (Fsp3) is 0.211. The molecule has 27 heavy (non-hydrogen) atoms. The van der Waals surface area contributed by atoms with E-state index in [9.17, 15) is 14.4 Å². The zero-order valence-electron chi connectivity index (χ0n) is 14.6. The van der Waals surface area contributed by atoms with Crippen molar-refractivity contribution in [2.45, 2.75) is 6.54 Å². The lowest BCUT2D eigenvalue weighted by molar-refractivity contribution is -0.150. The molecule has 0 aromatic heterocycles. The first-order valence-electron chi connectivity index (χ1n) is 8.03. The molecule has 0 spiro atoms. The third-order valence-corrected chi connectivity index (χ3v) is 4.12. The second-order valence-electron chi connectivity index (χ2n) is 5.73. The third-order valence-electron chi connectivity index (χ3n) is 3.62. The van der Waals surface area contributed by atoms with E-state index in [1.165, 1.54) is 17.0 Å². The maximum Gasteiger partial charge on any atom is 0.325 e. The van der Waals surface area contributed by atoms with Gasteiger partial charge in [-0.05, 0) is 42.0 Å². The molecule has 2 aromatic rings. The molecule has 0 heterocycles. The molecule has 1 N–H and O–H groups in total. The monoisotopic (exact) mass is 408 g/mol. The fourth-order valence-electron chi connectivity index (χ4n) is 2.11. The Morgan fingerprint density at radius 3 is 2.11 bits per heavy atom.